The Morgan fingerprint density at radius 2 is 2.10 bits per heavy atom. The zero-order valence-corrected chi connectivity index (χ0v) is 18.3. The number of imidazole rings is 1. The zero-order chi connectivity index (χ0) is 22.4. The van der Waals surface area contributed by atoms with E-state index < -0.39 is 5.92 Å². The monoisotopic (exact) mass is 435 g/mol. The first-order chi connectivity index (χ1) is 14.5. The summed E-state index contributed by atoms with van der Waals surface area (Å²) in [7, 11) is 0. The van der Waals surface area contributed by atoms with E-state index in [1.54, 1.807) is 16.9 Å². The van der Waals surface area contributed by atoms with Gasteiger partial charge in [0.05, 0.1) is 42.4 Å². The van der Waals surface area contributed by atoms with Gasteiger partial charge in [0.2, 0.25) is 11.8 Å². The third-order valence-corrected chi connectivity index (χ3v) is 5.85. The molecule has 2 aromatic heterocycles. The fourth-order valence-corrected chi connectivity index (χ4v) is 4.01. The molecule has 2 aromatic rings. The molecule has 2 atom stereocenters. The number of rotatable bonds is 8. The molecule has 3 N–H and O–H groups in total. The maximum absolute atomic E-state index is 13.1. The van der Waals surface area contributed by atoms with Crippen LogP contribution in [0.4, 0.5) is 8.78 Å². The molecule has 2 aliphatic rings. The van der Waals surface area contributed by atoms with Crippen LogP contribution in [0.15, 0.2) is 18.5 Å². The van der Waals surface area contributed by atoms with E-state index in [9.17, 15) is 13.6 Å². The van der Waals surface area contributed by atoms with E-state index in [2.05, 4.69) is 15.4 Å². The zero-order valence-electron chi connectivity index (χ0n) is 18.3. The summed E-state index contributed by atoms with van der Waals surface area (Å²) >= 11 is 0. The summed E-state index contributed by atoms with van der Waals surface area (Å²) in [6.45, 7) is 6.27. The largest absolute Gasteiger partial charge is 0.374 e. The number of ether oxygens (including phenoxy) is 1. The van der Waals surface area contributed by atoms with Gasteiger partial charge < -0.3 is 15.8 Å². The molecule has 2 aliphatic carbocycles. The molecule has 0 aromatic carbocycles. The summed E-state index contributed by atoms with van der Waals surface area (Å²) in [5, 5.41) is 7.49. The van der Waals surface area contributed by atoms with Crippen LogP contribution in [0.3, 0.4) is 0 Å². The molecule has 170 valence electrons. The van der Waals surface area contributed by atoms with Crippen molar-refractivity contribution in [1.82, 2.24) is 19.9 Å². The summed E-state index contributed by atoms with van der Waals surface area (Å²) in [5.74, 6) is -2.68. The van der Waals surface area contributed by atoms with E-state index in [1.165, 1.54) is 0 Å². The van der Waals surface area contributed by atoms with E-state index in [-0.39, 0.29) is 48.8 Å². The molecule has 2 heterocycles. The first-order valence-electron chi connectivity index (χ1n) is 10.9. The topological polar surface area (TPSA) is 94.5 Å². The molecular weight excluding hydrogens is 404 g/mol. The molecule has 2 fully saturated rings. The average Bonchev–Trinajstić information content (AvgIpc) is 3.39. The summed E-state index contributed by atoms with van der Waals surface area (Å²) in [4.78, 5) is 17.1. The highest BCUT2D eigenvalue weighted by atomic mass is 19.3. The second kappa shape index (κ2) is 8.09. The quantitative estimate of drug-likeness (QED) is 0.661. The number of fused-ring (bicyclic) bond motifs is 1. The van der Waals surface area contributed by atoms with Crippen molar-refractivity contribution in [2.24, 2.45) is 17.6 Å². The van der Waals surface area contributed by atoms with Gasteiger partial charge in [-0.3, -0.25) is 4.79 Å². The second-order valence-electron chi connectivity index (χ2n) is 10.0. The number of nitrogens with zero attached hydrogens (tertiary/aromatic N) is 3. The minimum absolute atomic E-state index is 0.143. The molecule has 0 radical (unpaired) electrons. The summed E-state index contributed by atoms with van der Waals surface area (Å²) in [5.41, 5.74) is 8.16. The molecule has 1 unspecified atom stereocenters. The Morgan fingerprint density at radius 1 is 1.39 bits per heavy atom. The van der Waals surface area contributed by atoms with Gasteiger partial charge in [-0.1, -0.05) is 0 Å². The number of alkyl halides is 2. The smallest absolute Gasteiger partial charge is 0.248 e. The molecular formula is C22H31F2N5O2. The number of nitrogens with one attached hydrogen (secondary N) is 1. The van der Waals surface area contributed by atoms with Crippen molar-refractivity contribution in [3.8, 4) is 0 Å². The highest BCUT2D eigenvalue weighted by Crippen LogP contribution is 2.45. The Balaban J connectivity index is 1.43. The minimum Gasteiger partial charge on any atom is -0.374 e. The number of hydrogen-bond acceptors (Lipinski definition) is 5. The molecule has 1 amide bonds. The third-order valence-electron chi connectivity index (χ3n) is 5.85. The molecule has 9 heteroatoms. The molecule has 0 bridgehead atoms. The van der Waals surface area contributed by atoms with Crippen molar-refractivity contribution in [3.63, 3.8) is 0 Å². The number of nitrogens with two attached hydrogens (primary N) is 1. The number of carbonyl (C=O) groups excluding carboxylic acids is 1. The van der Waals surface area contributed by atoms with Crippen LogP contribution in [0.1, 0.15) is 76.2 Å². The molecule has 0 spiro atoms. The van der Waals surface area contributed by atoms with Crippen molar-refractivity contribution < 1.29 is 18.3 Å². The van der Waals surface area contributed by atoms with E-state index >= 15 is 0 Å². The number of halogens is 2. The van der Waals surface area contributed by atoms with E-state index in [4.69, 9.17) is 10.5 Å². The third kappa shape index (κ3) is 5.57. The SMILES string of the molecule is CC(C)(C)OC[C@H](N)c1cn2ncc(C(NC(=O)CC3CC(F)(F)C3)C3CC3)cc2n1. The van der Waals surface area contributed by atoms with Crippen LogP contribution in [0.5, 0.6) is 0 Å². The van der Waals surface area contributed by atoms with Crippen LogP contribution in [0.25, 0.3) is 5.65 Å². The van der Waals surface area contributed by atoms with Crippen molar-refractivity contribution >= 4 is 11.6 Å². The van der Waals surface area contributed by atoms with Crippen molar-refractivity contribution in [1.29, 1.82) is 0 Å². The standard InChI is InChI=1S/C22H31F2N5O2/c1-21(2,3)31-12-16(25)17-11-29-18(27-17)7-15(10-26-29)20(14-4-5-14)28-19(30)6-13-8-22(23,24)9-13/h7,10-11,13-14,16,20H,4-6,8-9,12,25H2,1-3H3,(H,28,30)/t16-,20?/m0/s1. The van der Waals surface area contributed by atoms with Gasteiger partial charge in [-0.05, 0) is 57.1 Å². The summed E-state index contributed by atoms with van der Waals surface area (Å²) < 4.78 is 33.5. The van der Waals surface area contributed by atoms with E-state index in [1.807, 2.05) is 26.8 Å². The summed E-state index contributed by atoms with van der Waals surface area (Å²) in [6, 6.07) is 1.36. The summed E-state index contributed by atoms with van der Waals surface area (Å²) in [6.07, 6.45) is 5.31. The Hall–Kier alpha value is -2.13. The van der Waals surface area contributed by atoms with E-state index in [0.29, 0.717) is 23.9 Å². The second-order valence-corrected chi connectivity index (χ2v) is 10.0. The Bertz CT molecular complexity index is 943. The van der Waals surface area contributed by atoms with Gasteiger partial charge in [-0.2, -0.15) is 5.10 Å². The Kier molecular flexibility index (Phi) is 5.76. The van der Waals surface area contributed by atoms with Gasteiger partial charge >= 0.3 is 0 Å². The molecule has 2 saturated carbocycles. The van der Waals surface area contributed by atoms with Crippen molar-refractivity contribution in [2.75, 3.05) is 6.61 Å². The van der Waals surface area contributed by atoms with Gasteiger partial charge in [-0.25, -0.2) is 18.3 Å². The van der Waals surface area contributed by atoms with Crippen molar-refractivity contribution in [2.45, 2.75) is 76.5 Å². The van der Waals surface area contributed by atoms with Crippen LogP contribution in [0.2, 0.25) is 0 Å². The van der Waals surface area contributed by atoms with Gasteiger partial charge in [0.15, 0.2) is 5.65 Å². The van der Waals surface area contributed by atoms with Gasteiger partial charge in [0.1, 0.15) is 0 Å². The normalized spacial score (nSPS) is 21.0. The van der Waals surface area contributed by atoms with Crippen LogP contribution in [0, 0.1) is 11.8 Å². The molecule has 4 rings (SSSR count). The highest BCUT2D eigenvalue weighted by Gasteiger charge is 2.46. The fourth-order valence-electron chi connectivity index (χ4n) is 4.01. The fraction of sp³-hybridized carbons (Fsp3) is 0.682. The lowest BCUT2D eigenvalue weighted by Crippen LogP contribution is -2.39. The van der Waals surface area contributed by atoms with E-state index in [0.717, 1.165) is 18.4 Å². The molecule has 0 aliphatic heterocycles. The average molecular weight is 436 g/mol. The highest BCUT2D eigenvalue weighted by molar-refractivity contribution is 5.77. The number of aromatic nitrogens is 3. The lowest BCUT2D eigenvalue weighted by Gasteiger charge is -2.34. The van der Waals surface area contributed by atoms with Crippen LogP contribution >= 0.6 is 0 Å². The Morgan fingerprint density at radius 3 is 2.71 bits per heavy atom. The molecule has 0 saturated heterocycles. The predicted octanol–water partition coefficient (Wildman–Crippen LogP) is 3.55. The van der Waals surface area contributed by atoms with Gasteiger partial charge in [-0.15, -0.1) is 0 Å². The molecule has 7 nitrogen and oxygen atoms in total. The van der Waals surface area contributed by atoms with Crippen LogP contribution in [-0.2, 0) is 9.53 Å². The van der Waals surface area contributed by atoms with Crippen LogP contribution < -0.4 is 11.1 Å². The maximum atomic E-state index is 13.1. The number of amides is 1. The van der Waals surface area contributed by atoms with Gasteiger partial charge in [0, 0.05) is 19.3 Å². The number of carbonyl (C=O) groups is 1. The van der Waals surface area contributed by atoms with Gasteiger partial charge in [0.25, 0.3) is 0 Å². The molecule has 31 heavy (non-hydrogen) atoms. The van der Waals surface area contributed by atoms with Crippen LogP contribution in [-0.4, -0.2) is 38.6 Å². The lowest BCUT2D eigenvalue weighted by molar-refractivity contribution is -0.134. The predicted molar refractivity (Wildman–Crippen MR) is 112 cm³/mol. The minimum atomic E-state index is -2.60. The maximum Gasteiger partial charge on any atom is 0.248 e. The first-order valence-corrected chi connectivity index (χ1v) is 10.9. The first kappa shape index (κ1) is 22.1. The van der Waals surface area contributed by atoms with Crippen molar-refractivity contribution in [3.05, 3.63) is 29.7 Å². The Labute approximate surface area is 180 Å². The number of hydrogen-bond donors (Lipinski definition) is 2. The lowest BCUT2D eigenvalue weighted by atomic mass is 9.79.